The van der Waals surface area contributed by atoms with Crippen molar-refractivity contribution in [2.24, 2.45) is 0 Å². The lowest BCUT2D eigenvalue weighted by molar-refractivity contribution is 0.478. The van der Waals surface area contributed by atoms with Gasteiger partial charge in [0.2, 0.25) is 0 Å². The van der Waals surface area contributed by atoms with Crippen LogP contribution >= 0.6 is 0 Å². The van der Waals surface area contributed by atoms with Gasteiger partial charge >= 0.3 is 0 Å². The molecule has 0 saturated heterocycles. The van der Waals surface area contributed by atoms with Gasteiger partial charge in [-0.25, -0.2) is 0 Å². The second-order valence-corrected chi connectivity index (χ2v) is 5.27. The molecule has 2 aromatic rings. The molecule has 3 nitrogen and oxygen atoms in total. The van der Waals surface area contributed by atoms with E-state index in [1.54, 1.807) is 0 Å². The summed E-state index contributed by atoms with van der Waals surface area (Å²) in [4.78, 5) is 0. The highest BCUT2D eigenvalue weighted by atomic mass is 15.3. The van der Waals surface area contributed by atoms with Crippen molar-refractivity contribution >= 4 is 0 Å². The van der Waals surface area contributed by atoms with Crippen LogP contribution in [0, 0.1) is 0 Å². The highest BCUT2D eigenvalue weighted by molar-refractivity contribution is 5.25. The molecule has 0 aliphatic carbocycles. The van der Waals surface area contributed by atoms with Crippen molar-refractivity contribution in [3.63, 3.8) is 0 Å². The van der Waals surface area contributed by atoms with Crippen LogP contribution in [0.5, 0.6) is 0 Å². The van der Waals surface area contributed by atoms with Gasteiger partial charge in [-0.15, -0.1) is 0 Å². The van der Waals surface area contributed by atoms with Gasteiger partial charge in [-0.05, 0) is 18.5 Å². The zero-order valence-electron chi connectivity index (χ0n) is 12.7. The predicted octanol–water partition coefficient (Wildman–Crippen LogP) is 3.75. The Morgan fingerprint density at radius 2 is 1.90 bits per heavy atom. The first-order valence-corrected chi connectivity index (χ1v) is 7.57. The van der Waals surface area contributed by atoms with Gasteiger partial charge in [-0.1, -0.05) is 51.1 Å². The van der Waals surface area contributed by atoms with E-state index in [9.17, 15) is 0 Å². The van der Waals surface area contributed by atoms with E-state index in [1.807, 2.05) is 10.9 Å². The molecule has 1 heterocycles. The first-order chi connectivity index (χ1) is 9.76. The number of aromatic nitrogens is 2. The number of aryl methyl sites for hydroxylation is 1. The van der Waals surface area contributed by atoms with E-state index in [1.165, 1.54) is 11.1 Å². The van der Waals surface area contributed by atoms with Crippen molar-refractivity contribution in [1.82, 2.24) is 15.1 Å². The Morgan fingerprint density at radius 3 is 2.55 bits per heavy atom. The van der Waals surface area contributed by atoms with Crippen LogP contribution in [0.3, 0.4) is 0 Å². The minimum absolute atomic E-state index is 0.313. The first-order valence-electron chi connectivity index (χ1n) is 7.57. The zero-order valence-corrected chi connectivity index (χ0v) is 12.7. The van der Waals surface area contributed by atoms with E-state index in [0.717, 1.165) is 19.5 Å². The van der Waals surface area contributed by atoms with Crippen LogP contribution in [-0.2, 0) is 6.54 Å². The molecule has 0 fully saturated rings. The van der Waals surface area contributed by atoms with Crippen molar-refractivity contribution in [1.29, 1.82) is 0 Å². The molecular weight excluding hydrogens is 246 g/mol. The fraction of sp³-hybridized carbons (Fsp3) is 0.471. The Morgan fingerprint density at radius 1 is 1.15 bits per heavy atom. The molecule has 0 aliphatic heterocycles. The van der Waals surface area contributed by atoms with E-state index >= 15 is 0 Å². The van der Waals surface area contributed by atoms with Gasteiger partial charge in [0.15, 0.2) is 0 Å². The van der Waals surface area contributed by atoms with Crippen molar-refractivity contribution < 1.29 is 0 Å². The van der Waals surface area contributed by atoms with Crippen molar-refractivity contribution in [2.75, 3.05) is 6.54 Å². The largest absolute Gasteiger partial charge is 0.310 e. The van der Waals surface area contributed by atoms with E-state index in [-0.39, 0.29) is 0 Å². The number of benzene rings is 1. The topological polar surface area (TPSA) is 29.9 Å². The van der Waals surface area contributed by atoms with E-state index in [0.29, 0.717) is 12.0 Å². The Labute approximate surface area is 122 Å². The summed E-state index contributed by atoms with van der Waals surface area (Å²) in [6, 6.07) is 11.0. The number of nitrogens with one attached hydrogen (secondary N) is 1. The molecule has 2 atom stereocenters. The number of hydrogen-bond donors (Lipinski definition) is 1. The van der Waals surface area contributed by atoms with E-state index in [2.05, 4.69) is 67.7 Å². The molecule has 0 aliphatic rings. The maximum atomic E-state index is 4.46. The molecular formula is C17H25N3. The molecule has 0 bridgehead atoms. The molecule has 1 aromatic carbocycles. The van der Waals surface area contributed by atoms with Crippen molar-refractivity contribution in [2.45, 2.75) is 45.7 Å². The van der Waals surface area contributed by atoms with Crippen LogP contribution in [0.1, 0.15) is 50.3 Å². The van der Waals surface area contributed by atoms with Crippen LogP contribution in [0.2, 0.25) is 0 Å². The average molecular weight is 271 g/mol. The molecule has 108 valence electrons. The zero-order chi connectivity index (χ0) is 14.4. The summed E-state index contributed by atoms with van der Waals surface area (Å²) in [5.41, 5.74) is 2.64. The fourth-order valence-corrected chi connectivity index (χ4v) is 2.64. The molecule has 0 spiro atoms. The molecule has 0 saturated carbocycles. The third-order valence-corrected chi connectivity index (χ3v) is 3.71. The number of rotatable bonds is 7. The van der Waals surface area contributed by atoms with Gasteiger partial charge in [0, 0.05) is 30.3 Å². The summed E-state index contributed by atoms with van der Waals surface area (Å²) in [6.45, 7) is 8.55. The Kier molecular flexibility index (Phi) is 5.36. The second kappa shape index (κ2) is 7.25. The van der Waals surface area contributed by atoms with E-state index < -0.39 is 0 Å². The first kappa shape index (κ1) is 14.8. The van der Waals surface area contributed by atoms with Gasteiger partial charge in [0.1, 0.15) is 0 Å². The normalized spacial score (nSPS) is 14.2. The Hall–Kier alpha value is -1.61. The summed E-state index contributed by atoms with van der Waals surface area (Å²) in [5.74, 6) is 0.426. The van der Waals surface area contributed by atoms with Crippen LogP contribution in [0.25, 0.3) is 0 Å². The number of hydrogen-bond acceptors (Lipinski definition) is 2. The smallest absolute Gasteiger partial charge is 0.0537 e. The quantitative estimate of drug-likeness (QED) is 0.831. The maximum Gasteiger partial charge on any atom is 0.0537 e. The third-order valence-electron chi connectivity index (χ3n) is 3.71. The molecule has 1 N–H and O–H groups in total. The van der Waals surface area contributed by atoms with Crippen LogP contribution in [0.4, 0.5) is 0 Å². The molecule has 1 aromatic heterocycles. The van der Waals surface area contributed by atoms with Crippen LogP contribution in [-0.4, -0.2) is 16.3 Å². The minimum atomic E-state index is 0.313. The predicted molar refractivity (Wildman–Crippen MR) is 83.8 cm³/mol. The number of likely N-dealkylation sites (N-methyl/N-ethyl adjacent to an activating group) is 1. The summed E-state index contributed by atoms with van der Waals surface area (Å²) < 4.78 is 2.04. The fourth-order valence-electron chi connectivity index (χ4n) is 2.64. The SMILES string of the molecule is CCCn1cc(C(NCC)C(C)c2ccccc2)cn1. The lowest BCUT2D eigenvalue weighted by atomic mass is 9.90. The maximum absolute atomic E-state index is 4.46. The average Bonchev–Trinajstić information content (AvgIpc) is 2.94. The van der Waals surface area contributed by atoms with Crippen LogP contribution in [0.15, 0.2) is 42.7 Å². The minimum Gasteiger partial charge on any atom is -0.310 e. The van der Waals surface area contributed by atoms with E-state index in [4.69, 9.17) is 0 Å². The van der Waals surface area contributed by atoms with Gasteiger partial charge in [-0.3, -0.25) is 4.68 Å². The highest BCUT2D eigenvalue weighted by Crippen LogP contribution is 2.30. The highest BCUT2D eigenvalue weighted by Gasteiger charge is 2.21. The molecule has 0 amide bonds. The Balaban J connectivity index is 2.21. The van der Waals surface area contributed by atoms with Gasteiger partial charge in [-0.2, -0.15) is 5.10 Å². The van der Waals surface area contributed by atoms with Gasteiger partial charge in [0.25, 0.3) is 0 Å². The Bertz CT molecular complexity index is 504. The lowest BCUT2D eigenvalue weighted by Crippen LogP contribution is -2.25. The standard InChI is InChI=1S/C17H25N3/c1-4-11-20-13-16(12-19-20)17(18-5-2)14(3)15-9-7-6-8-10-15/h6-10,12-14,17-18H,4-5,11H2,1-3H3. The monoisotopic (exact) mass is 271 g/mol. The van der Waals surface area contributed by atoms with Gasteiger partial charge < -0.3 is 5.32 Å². The summed E-state index contributed by atoms with van der Waals surface area (Å²) in [6.07, 6.45) is 5.29. The summed E-state index contributed by atoms with van der Waals surface area (Å²) >= 11 is 0. The third kappa shape index (κ3) is 3.48. The van der Waals surface area contributed by atoms with Crippen molar-refractivity contribution in [3.05, 3.63) is 53.9 Å². The molecule has 20 heavy (non-hydrogen) atoms. The number of nitrogens with zero attached hydrogens (tertiary/aromatic N) is 2. The second-order valence-electron chi connectivity index (χ2n) is 5.27. The molecule has 2 rings (SSSR count). The summed E-state index contributed by atoms with van der Waals surface area (Å²) in [7, 11) is 0. The molecule has 2 unspecified atom stereocenters. The molecule has 0 radical (unpaired) electrons. The summed E-state index contributed by atoms with van der Waals surface area (Å²) in [5, 5.41) is 8.06. The van der Waals surface area contributed by atoms with Crippen molar-refractivity contribution in [3.8, 4) is 0 Å². The van der Waals surface area contributed by atoms with Crippen LogP contribution < -0.4 is 5.32 Å². The lowest BCUT2D eigenvalue weighted by Gasteiger charge is -2.24. The molecule has 3 heteroatoms. The van der Waals surface area contributed by atoms with Gasteiger partial charge in [0.05, 0.1) is 6.20 Å².